The Balaban J connectivity index is 2.06. The first-order chi connectivity index (χ1) is 8.84. The van der Waals surface area contributed by atoms with E-state index in [-0.39, 0.29) is 5.54 Å². The Morgan fingerprint density at radius 2 is 1.95 bits per heavy atom. The largest absolute Gasteiger partial charge is 0.496 e. The molecule has 0 aliphatic heterocycles. The van der Waals surface area contributed by atoms with Crippen molar-refractivity contribution in [3.8, 4) is 5.75 Å². The fourth-order valence-electron chi connectivity index (χ4n) is 2.50. The lowest BCUT2D eigenvalue weighted by molar-refractivity contribution is 0.350. The molecule has 0 unspecified atom stereocenters. The Morgan fingerprint density at radius 3 is 2.47 bits per heavy atom. The molecule has 0 aromatic heterocycles. The zero-order valence-corrected chi connectivity index (χ0v) is 13.0. The molecule has 1 aromatic carbocycles. The van der Waals surface area contributed by atoms with Gasteiger partial charge in [0.1, 0.15) is 5.75 Å². The van der Waals surface area contributed by atoms with Crippen molar-refractivity contribution in [2.45, 2.75) is 52.5 Å². The number of rotatable bonds is 5. The summed E-state index contributed by atoms with van der Waals surface area (Å²) < 4.78 is 5.50. The van der Waals surface area contributed by atoms with Gasteiger partial charge >= 0.3 is 0 Å². The lowest BCUT2D eigenvalue weighted by Crippen LogP contribution is -2.40. The fraction of sp³-hybridized carbons (Fsp3) is 0.647. The van der Waals surface area contributed by atoms with Gasteiger partial charge in [-0.25, -0.2) is 0 Å². The number of benzene rings is 1. The quantitative estimate of drug-likeness (QED) is 0.872. The van der Waals surface area contributed by atoms with Crippen LogP contribution < -0.4 is 10.1 Å². The first-order valence-electron chi connectivity index (χ1n) is 7.22. The molecular weight excluding hydrogens is 234 g/mol. The second-order valence-corrected chi connectivity index (χ2v) is 7.10. The van der Waals surface area contributed by atoms with Gasteiger partial charge in [0.2, 0.25) is 0 Å². The Bertz CT molecular complexity index is 441. The molecule has 1 N–H and O–H groups in total. The number of ether oxygens (including phenoxy) is 1. The van der Waals surface area contributed by atoms with Crippen molar-refractivity contribution >= 4 is 0 Å². The van der Waals surface area contributed by atoms with Crippen LogP contribution in [-0.4, -0.2) is 19.2 Å². The summed E-state index contributed by atoms with van der Waals surface area (Å²) in [5, 5.41) is 3.66. The lowest BCUT2D eigenvalue weighted by atomic mass is 9.93. The van der Waals surface area contributed by atoms with Gasteiger partial charge in [-0.05, 0) is 64.0 Å². The van der Waals surface area contributed by atoms with E-state index in [9.17, 15) is 0 Å². The number of hydrogen-bond acceptors (Lipinski definition) is 2. The van der Waals surface area contributed by atoms with Crippen LogP contribution in [0.3, 0.4) is 0 Å². The van der Waals surface area contributed by atoms with E-state index in [1.807, 2.05) is 0 Å². The van der Waals surface area contributed by atoms with Gasteiger partial charge in [-0.1, -0.05) is 17.7 Å². The van der Waals surface area contributed by atoms with Crippen molar-refractivity contribution in [3.63, 3.8) is 0 Å². The molecule has 1 fully saturated rings. The second-order valence-electron chi connectivity index (χ2n) is 7.10. The van der Waals surface area contributed by atoms with Gasteiger partial charge in [-0.3, -0.25) is 0 Å². The highest BCUT2D eigenvalue weighted by molar-refractivity contribution is 5.38. The molecular formula is C17H27NO. The van der Waals surface area contributed by atoms with Crippen molar-refractivity contribution in [2.75, 3.05) is 13.7 Å². The molecule has 2 rings (SSSR count). The van der Waals surface area contributed by atoms with E-state index in [0.29, 0.717) is 5.41 Å². The van der Waals surface area contributed by atoms with Crippen molar-refractivity contribution in [1.29, 1.82) is 0 Å². The number of nitrogens with one attached hydrogen (secondary N) is 1. The summed E-state index contributed by atoms with van der Waals surface area (Å²) in [5.41, 5.74) is 3.33. The fourth-order valence-corrected chi connectivity index (χ4v) is 2.50. The minimum atomic E-state index is 0.201. The van der Waals surface area contributed by atoms with Crippen molar-refractivity contribution in [1.82, 2.24) is 5.32 Å². The minimum Gasteiger partial charge on any atom is -0.496 e. The highest BCUT2D eigenvalue weighted by Crippen LogP contribution is 2.49. The van der Waals surface area contributed by atoms with Crippen LogP contribution in [0.15, 0.2) is 18.2 Å². The average molecular weight is 261 g/mol. The van der Waals surface area contributed by atoms with E-state index >= 15 is 0 Å². The minimum absolute atomic E-state index is 0.201. The van der Waals surface area contributed by atoms with E-state index in [0.717, 1.165) is 18.7 Å². The van der Waals surface area contributed by atoms with E-state index in [4.69, 9.17) is 4.74 Å². The van der Waals surface area contributed by atoms with Crippen LogP contribution in [0, 0.1) is 12.3 Å². The summed E-state index contributed by atoms with van der Waals surface area (Å²) in [6.07, 6.45) is 3.78. The second kappa shape index (κ2) is 5.16. The lowest BCUT2D eigenvalue weighted by Gasteiger charge is -2.25. The molecule has 2 heteroatoms. The van der Waals surface area contributed by atoms with Gasteiger partial charge in [0.25, 0.3) is 0 Å². The Kier molecular flexibility index (Phi) is 3.91. The summed E-state index contributed by atoms with van der Waals surface area (Å²) in [5.74, 6) is 1.03. The summed E-state index contributed by atoms with van der Waals surface area (Å²) >= 11 is 0. The third-order valence-electron chi connectivity index (χ3n) is 3.95. The van der Waals surface area contributed by atoms with Crippen LogP contribution in [-0.2, 0) is 6.42 Å². The first kappa shape index (κ1) is 14.4. The van der Waals surface area contributed by atoms with E-state index in [1.54, 1.807) is 7.11 Å². The topological polar surface area (TPSA) is 21.3 Å². The standard InChI is InChI=1S/C17H27NO/c1-13-6-7-15(19-5)14(10-13)11-17(8-9-17)12-18-16(2,3)4/h6-7,10,18H,8-9,11-12H2,1-5H3. The first-order valence-corrected chi connectivity index (χ1v) is 7.22. The normalized spacial score (nSPS) is 17.3. The number of hydrogen-bond donors (Lipinski definition) is 1. The predicted molar refractivity (Wildman–Crippen MR) is 80.9 cm³/mol. The van der Waals surface area contributed by atoms with Crippen molar-refractivity contribution < 1.29 is 4.74 Å². The van der Waals surface area contributed by atoms with Crippen LogP contribution in [0.2, 0.25) is 0 Å². The van der Waals surface area contributed by atoms with E-state index < -0.39 is 0 Å². The molecule has 0 radical (unpaired) electrons. The zero-order valence-electron chi connectivity index (χ0n) is 13.0. The third kappa shape index (κ3) is 3.97. The predicted octanol–water partition coefficient (Wildman–Crippen LogP) is 3.71. The smallest absolute Gasteiger partial charge is 0.122 e. The van der Waals surface area contributed by atoms with Gasteiger partial charge in [-0.2, -0.15) is 0 Å². The van der Waals surface area contributed by atoms with E-state index in [1.165, 1.54) is 24.0 Å². The Morgan fingerprint density at radius 1 is 1.26 bits per heavy atom. The summed E-state index contributed by atoms with van der Waals surface area (Å²) in [4.78, 5) is 0. The molecule has 0 saturated heterocycles. The van der Waals surface area contributed by atoms with Gasteiger partial charge < -0.3 is 10.1 Å². The maximum absolute atomic E-state index is 5.50. The molecule has 0 amide bonds. The van der Waals surface area contributed by atoms with Crippen LogP contribution in [0.4, 0.5) is 0 Å². The average Bonchev–Trinajstić information content (AvgIpc) is 3.07. The summed E-state index contributed by atoms with van der Waals surface area (Å²) in [6.45, 7) is 9.95. The molecule has 0 spiro atoms. The highest BCUT2D eigenvalue weighted by Gasteiger charge is 2.43. The summed E-state index contributed by atoms with van der Waals surface area (Å²) in [7, 11) is 1.77. The van der Waals surface area contributed by atoms with Crippen LogP contribution in [0.5, 0.6) is 5.75 Å². The maximum Gasteiger partial charge on any atom is 0.122 e. The molecule has 0 bridgehead atoms. The van der Waals surface area contributed by atoms with Gasteiger partial charge in [0, 0.05) is 12.1 Å². The molecule has 106 valence electrons. The molecule has 1 aromatic rings. The number of methoxy groups -OCH3 is 1. The molecule has 2 nitrogen and oxygen atoms in total. The van der Waals surface area contributed by atoms with Gasteiger partial charge in [0.05, 0.1) is 7.11 Å². The maximum atomic E-state index is 5.50. The van der Waals surface area contributed by atoms with Gasteiger partial charge in [0.15, 0.2) is 0 Å². The molecule has 0 atom stereocenters. The van der Waals surface area contributed by atoms with E-state index in [2.05, 4.69) is 51.2 Å². The molecule has 1 aliphatic rings. The molecule has 19 heavy (non-hydrogen) atoms. The number of aryl methyl sites for hydroxylation is 1. The monoisotopic (exact) mass is 261 g/mol. The van der Waals surface area contributed by atoms with Crippen molar-refractivity contribution in [3.05, 3.63) is 29.3 Å². The molecule has 0 heterocycles. The van der Waals surface area contributed by atoms with Gasteiger partial charge in [-0.15, -0.1) is 0 Å². The Hall–Kier alpha value is -1.02. The molecule has 1 aliphatic carbocycles. The van der Waals surface area contributed by atoms with Crippen LogP contribution in [0.1, 0.15) is 44.7 Å². The molecule has 1 saturated carbocycles. The van der Waals surface area contributed by atoms with Crippen LogP contribution >= 0.6 is 0 Å². The summed E-state index contributed by atoms with van der Waals surface area (Å²) in [6, 6.07) is 6.49. The third-order valence-corrected chi connectivity index (χ3v) is 3.95. The van der Waals surface area contributed by atoms with Crippen LogP contribution in [0.25, 0.3) is 0 Å². The highest BCUT2D eigenvalue weighted by atomic mass is 16.5. The zero-order chi connectivity index (χ0) is 14.1. The SMILES string of the molecule is COc1ccc(C)cc1CC1(CNC(C)(C)C)CC1. The Labute approximate surface area is 117 Å². The van der Waals surface area contributed by atoms with Crippen molar-refractivity contribution in [2.24, 2.45) is 5.41 Å².